The van der Waals surface area contributed by atoms with Gasteiger partial charge in [-0.05, 0) is 0 Å². The summed E-state index contributed by atoms with van der Waals surface area (Å²) in [5.41, 5.74) is 0.173. The second-order valence-electron chi connectivity index (χ2n) is 3.84. The van der Waals surface area contributed by atoms with E-state index in [1.807, 2.05) is 0 Å². The molecular weight excluding hydrogens is 284 g/mol. The number of hydrogen-bond acceptors (Lipinski definition) is 3. The first kappa shape index (κ1) is 15.5. The summed E-state index contributed by atoms with van der Waals surface area (Å²) in [5.74, 6) is 0. The third-order valence-corrected chi connectivity index (χ3v) is 6.26. The summed E-state index contributed by atoms with van der Waals surface area (Å²) in [5, 5.41) is 6.31. The lowest BCUT2D eigenvalue weighted by atomic mass is 10.2. The van der Waals surface area contributed by atoms with Gasteiger partial charge in [0.2, 0.25) is 0 Å². The van der Waals surface area contributed by atoms with Crippen LogP contribution >= 0.6 is 15.2 Å². The van der Waals surface area contributed by atoms with Gasteiger partial charge in [0.15, 0.2) is 11.9 Å². The van der Waals surface area contributed by atoms with Crippen molar-refractivity contribution in [3.8, 4) is 0 Å². The molecule has 1 aromatic heterocycles. The Bertz CT molecular complexity index is 512. The summed E-state index contributed by atoms with van der Waals surface area (Å²) in [7, 11) is -9.31. The van der Waals surface area contributed by atoms with Crippen molar-refractivity contribution in [2.24, 2.45) is 7.05 Å². The molecule has 0 saturated carbocycles. The van der Waals surface area contributed by atoms with Crippen molar-refractivity contribution >= 4 is 15.2 Å². The molecule has 0 bridgehead atoms. The van der Waals surface area contributed by atoms with Gasteiger partial charge in [-0.25, -0.2) is 4.57 Å². The molecule has 10 heteroatoms. The van der Waals surface area contributed by atoms with Crippen molar-refractivity contribution < 1.29 is 38.4 Å². The topological polar surface area (TPSA) is 139 Å². The molecule has 0 atom stereocenters. The Morgan fingerprint density at radius 1 is 1.17 bits per heavy atom. The quantitative estimate of drug-likeness (QED) is 0.357. The van der Waals surface area contributed by atoms with Crippen LogP contribution in [0, 0.1) is 0 Å². The predicted molar refractivity (Wildman–Crippen MR) is 60.4 cm³/mol. The van der Waals surface area contributed by atoms with Crippen LogP contribution in [0.2, 0.25) is 0 Å². The Morgan fingerprint density at radius 2 is 1.67 bits per heavy atom. The number of pyridine rings is 1. The maximum absolute atomic E-state index is 11.2. The number of nitrogens with zero attached hydrogens (tertiary/aromatic N) is 1. The molecule has 8 nitrogen and oxygen atoms in total. The first-order chi connectivity index (χ1) is 7.99. The number of aromatic nitrogens is 1. The highest BCUT2D eigenvalue weighted by molar-refractivity contribution is 7.72. The molecule has 1 heterocycles. The average Bonchev–Trinajstić information content (AvgIpc) is 2.18. The van der Waals surface area contributed by atoms with E-state index in [4.69, 9.17) is 19.6 Å². The Kier molecular flexibility index (Phi) is 4.15. The molecule has 0 aromatic carbocycles. The molecule has 0 saturated heterocycles. The molecule has 102 valence electrons. The van der Waals surface area contributed by atoms with Crippen molar-refractivity contribution in [1.29, 1.82) is 0 Å². The first-order valence-electron chi connectivity index (χ1n) is 4.76. The van der Waals surface area contributed by atoms with E-state index in [9.17, 15) is 14.2 Å². The SMILES string of the molecule is C[n+]1ccccc1CC(O)(P(=O)(O)O)P(=O)(O)O. The lowest BCUT2D eigenvalue weighted by molar-refractivity contribution is -0.679. The fourth-order valence-corrected chi connectivity index (χ4v) is 3.45. The standard InChI is InChI=1S/C8H13NO7P2/c1-9-5-3-2-4-7(9)6-8(10,17(11,12)13)18(14,15)16/h2-5,10H,6H2,1H3,(H3-,11,12,13,14,15,16)/p+1. The van der Waals surface area contributed by atoms with Gasteiger partial charge in [0, 0.05) is 12.1 Å². The molecular formula is C8H14NO7P2+. The highest BCUT2D eigenvalue weighted by atomic mass is 31.2. The Hall–Kier alpha value is -0.590. The molecule has 0 aliphatic heterocycles. The Labute approximate surface area is 103 Å². The fourth-order valence-electron chi connectivity index (χ4n) is 1.36. The largest absolute Gasteiger partial charge is 0.370 e. The van der Waals surface area contributed by atoms with Crippen molar-refractivity contribution in [3.05, 3.63) is 30.1 Å². The second kappa shape index (κ2) is 4.83. The van der Waals surface area contributed by atoms with E-state index in [2.05, 4.69) is 0 Å². The third-order valence-electron chi connectivity index (χ3n) is 2.51. The molecule has 5 N–H and O–H groups in total. The van der Waals surface area contributed by atoms with Gasteiger partial charge in [-0.1, -0.05) is 6.07 Å². The van der Waals surface area contributed by atoms with Crippen LogP contribution in [0.5, 0.6) is 0 Å². The third kappa shape index (κ3) is 2.87. The molecule has 1 aromatic rings. The van der Waals surface area contributed by atoms with Gasteiger partial charge in [0.05, 0.1) is 6.42 Å². The Morgan fingerprint density at radius 3 is 2.06 bits per heavy atom. The zero-order chi connectivity index (χ0) is 14.2. The number of aliphatic hydroxyl groups is 1. The molecule has 0 fully saturated rings. The van der Waals surface area contributed by atoms with Crippen molar-refractivity contribution in [3.63, 3.8) is 0 Å². The smallest absolute Gasteiger partial charge is 0.367 e. The number of rotatable bonds is 4. The minimum absolute atomic E-state index is 0.173. The van der Waals surface area contributed by atoms with Crippen LogP contribution in [0.1, 0.15) is 5.69 Å². The summed E-state index contributed by atoms with van der Waals surface area (Å²) in [6.45, 7) is 0. The normalized spacial score (nSPS) is 13.7. The van der Waals surface area contributed by atoms with Crippen molar-refractivity contribution in [2.45, 2.75) is 11.5 Å². The first-order valence-corrected chi connectivity index (χ1v) is 7.99. The fraction of sp³-hybridized carbons (Fsp3) is 0.375. The summed E-state index contributed by atoms with van der Waals surface area (Å²) >= 11 is 0. The molecule has 0 spiro atoms. The maximum atomic E-state index is 11.2. The zero-order valence-corrected chi connectivity index (χ0v) is 11.2. The molecule has 0 amide bonds. The monoisotopic (exact) mass is 298 g/mol. The maximum Gasteiger partial charge on any atom is 0.370 e. The number of aryl methyl sites for hydroxylation is 1. The van der Waals surface area contributed by atoms with E-state index in [1.165, 1.54) is 29.9 Å². The van der Waals surface area contributed by atoms with Gasteiger partial charge < -0.3 is 24.7 Å². The lowest BCUT2D eigenvalue weighted by Gasteiger charge is -2.28. The highest BCUT2D eigenvalue weighted by Gasteiger charge is 2.60. The van der Waals surface area contributed by atoms with Gasteiger partial charge in [0.25, 0.3) is 5.08 Å². The lowest BCUT2D eigenvalue weighted by Crippen LogP contribution is -2.40. The summed E-state index contributed by atoms with van der Waals surface area (Å²) in [4.78, 5) is 35.9. The van der Waals surface area contributed by atoms with Crippen molar-refractivity contribution in [2.75, 3.05) is 0 Å². The summed E-state index contributed by atoms with van der Waals surface area (Å²) in [6, 6.07) is 4.54. The van der Waals surface area contributed by atoms with Gasteiger partial charge >= 0.3 is 15.2 Å². The van der Waals surface area contributed by atoms with Crippen LogP contribution in [0.25, 0.3) is 0 Å². The van der Waals surface area contributed by atoms with E-state index in [1.54, 1.807) is 6.07 Å². The molecule has 1 rings (SSSR count). The van der Waals surface area contributed by atoms with Crippen LogP contribution in [0.3, 0.4) is 0 Å². The van der Waals surface area contributed by atoms with Crippen molar-refractivity contribution in [1.82, 2.24) is 0 Å². The summed E-state index contributed by atoms with van der Waals surface area (Å²) < 4.78 is 23.7. The summed E-state index contributed by atoms with van der Waals surface area (Å²) in [6.07, 6.45) is 0.661. The Balaban J connectivity index is 3.30. The van der Waals surface area contributed by atoms with Gasteiger partial charge in [-0.2, -0.15) is 0 Å². The molecule has 18 heavy (non-hydrogen) atoms. The van der Waals surface area contributed by atoms with Crippen LogP contribution in [0.4, 0.5) is 0 Å². The minimum atomic E-state index is -5.42. The van der Waals surface area contributed by atoms with Crippen LogP contribution in [-0.4, -0.2) is 29.8 Å². The van der Waals surface area contributed by atoms with Crippen LogP contribution in [-0.2, 0) is 22.6 Å². The van der Waals surface area contributed by atoms with E-state index in [0.717, 1.165) is 0 Å². The highest BCUT2D eigenvalue weighted by Crippen LogP contribution is 2.68. The zero-order valence-electron chi connectivity index (χ0n) is 9.41. The molecule has 0 aliphatic carbocycles. The van der Waals surface area contributed by atoms with Gasteiger partial charge in [-0.15, -0.1) is 0 Å². The average molecular weight is 298 g/mol. The van der Waals surface area contributed by atoms with E-state index in [0.29, 0.717) is 0 Å². The van der Waals surface area contributed by atoms with E-state index >= 15 is 0 Å². The predicted octanol–water partition coefficient (Wildman–Crippen LogP) is -0.945. The second-order valence-corrected chi connectivity index (χ2v) is 7.85. The van der Waals surface area contributed by atoms with Crippen LogP contribution < -0.4 is 4.57 Å². The van der Waals surface area contributed by atoms with Crippen LogP contribution in [0.15, 0.2) is 24.4 Å². The van der Waals surface area contributed by atoms with E-state index in [-0.39, 0.29) is 5.69 Å². The van der Waals surface area contributed by atoms with Gasteiger partial charge in [0.1, 0.15) is 7.05 Å². The molecule has 0 aliphatic rings. The minimum Gasteiger partial charge on any atom is -0.367 e. The molecule has 0 radical (unpaired) electrons. The molecule has 0 unspecified atom stereocenters. The van der Waals surface area contributed by atoms with E-state index < -0.39 is 26.7 Å². The number of hydrogen-bond donors (Lipinski definition) is 5. The van der Waals surface area contributed by atoms with Gasteiger partial charge in [-0.3, -0.25) is 9.13 Å².